The average molecular weight is 453 g/mol. The number of hydrogen-bond acceptors (Lipinski definition) is 2. The number of hydrogen-bond donors (Lipinski definition) is 0. The van der Waals surface area contributed by atoms with Gasteiger partial charge in [0.2, 0.25) is 0 Å². The first-order valence-electron chi connectivity index (χ1n) is 12.7. The SMILES string of the molecule is C=C(CC(C)c1ccccc1)/C(C1=CN=C(Cc2ccc(C)cc2)C1)=C(C)\N=C(/C)CCCC. The summed E-state index contributed by atoms with van der Waals surface area (Å²) in [6.45, 7) is 15.5. The highest BCUT2D eigenvalue weighted by molar-refractivity contribution is 5.92. The molecule has 2 aromatic carbocycles. The zero-order valence-corrected chi connectivity index (χ0v) is 21.7. The maximum atomic E-state index is 5.02. The van der Waals surface area contributed by atoms with E-state index < -0.39 is 0 Å². The molecule has 0 fully saturated rings. The molecule has 34 heavy (non-hydrogen) atoms. The maximum absolute atomic E-state index is 5.02. The Hall–Kier alpha value is -3.00. The Morgan fingerprint density at radius 1 is 1.06 bits per heavy atom. The number of benzene rings is 2. The van der Waals surface area contributed by atoms with Crippen LogP contribution in [-0.2, 0) is 6.42 Å². The molecule has 2 aromatic rings. The van der Waals surface area contributed by atoms with E-state index in [1.165, 1.54) is 52.1 Å². The lowest BCUT2D eigenvalue weighted by molar-refractivity contribution is 0.756. The van der Waals surface area contributed by atoms with Gasteiger partial charge < -0.3 is 0 Å². The van der Waals surface area contributed by atoms with E-state index in [0.29, 0.717) is 5.92 Å². The first-order valence-corrected chi connectivity index (χ1v) is 12.7. The lowest BCUT2D eigenvalue weighted by Gasteiger charge is -2.19. The van der Waals surface area contributed by atoms with Gasteiger partial charge in [-0.15, -0.1) is 0 Å². The number of unbranched alkanes of at least 4 members (excludes halogenated alkanes) is 1. The number of nitrogens with zero attached hydrogens (tertiary/aromatic N) is 2. The van der Waals surface area contributed by atoms with Crippen molar-refractivity contribution in [3.8, 4) is 0 Å². The van der Waals surface area contributed by atoms with E-state index in [1.54, 1.807) is 0 Å². The Kier molecular flexibility index (Phi) is 9.39. The minimum absolute atomic E-state index is 0.400. The van der Waals surface area contributed by atoms with Crippen LogP contribution in [0.2, 0.25) is 0 Å². The highest BCUT2D eigenvalue weighted by Gasteiger charge is 2.21. The van der Waals surface area contributed by atoms with Crippen LogP contribution in [0.1, 0.15) is 82.4 Å². The van der Waals surface area contributed by atoms with E-state index in [4.69, 9.17) is 9.98 Å². The van der Waals surface area contributed by atoms with Crippen molar-refractivity contribution >= 4 is 11.4 Å². The van der Waals surface area contributed by atoms with Gasteiger partial charge >= 0.3 is 0 Å². The second kappa shape index (κ2) is 12.5. The molecule has 0 N–H and O–H groups in total. The third-order valence-corrected chi connectivity index (χ3v) is 6.53. The third kappa shape index (κ3) is 7.25. The van der Waals surface area contributed by atoms with Gasteiger partial charge in [0.25, 0.3) is 0 Å². The summed E-state index contributed by atoms with van der Waals surface area (Å²) in [6.07, 6.45) is 8.12. The van der Waals surface area contributed by atoms with Crippen molar-refractivity contribution in [1.82, 2.24) is 0 Å². The fourth-order valence-electron chi connectivity index (χ4n) is 4.60. The Balaban J connectivity index is 1.81. The van der Waals surface area contributed by atoms with E-state index in [2.05, 4.69) is 102 Å². The zero-order chi connectivity index (χ0) is 24.5. The van der Waals surface area contributed by atoms with Crippen LogP contribution in [0.15, 0.2) is 99.8 Å². The summed E-state index contributed by atoms with van der Waals surface area (Å²) in [4.78, 5) is 9.84. The topological polar surface area (TPSA) is 24.7 Å². The van der Waals surface area contributed by atoms with E-state index in [-0.39, 0.29) is 0 Å². The summed E-state index contributed by atoms with van der Waals surface area (Å²) in [5, 5.41) is 0. The minimum atomic E-state index is 0.400. The van der Waals surface area contributed by atoms with Crippen LogP contribution in [0.25, 0.3) is 0 Å². The van der Waals surface area contributed by atoms with Crippen molar-refractivity contribution in [2.75, 3.05) is 0 Å². The molecule has 0 aromatic heterocycles. The first kappa shape index (κ1) is 25.6. The fraction of sp³-hybridized carbons (Fsp3) is 0.375. The Morgan fingerprint density at radius 3 is 2.44 bits per heavy atom. The normalized spacial score (nSPS) is 15.5. The molecule has 2 nitrogen and oxygen atoms in total. The lowest BCUT2D eigenvalue weighted by atomic mass is 9.86. The van der Waals surface area contributed by atoms with Crippen LogP contribution in [0, 0.1) is 6.92 Å². The summed E-state index contributed by atoms with van der Waals surface area (Å²) in [5.41, 5.74) is 11.0. The quantitative estimate of drug-likeness (QED) is 0.240. The summed E-state index contributed by atoms with van der Waals surface area (Å²) in [7, 11) is 0. The van der Waals surface area contributed by atoms with Crippen LogP contribution < -0.4 is 0 Å². The molecule has 0 saturated heterocycles. The zero-order valence-electron chi connectivity index (χ0n) is 21.7. The van der Waals surface area contributed by atoms with Gasteiger partial charge in [-0.25, -0.2) is 0 Å². The van der Waals surface area contributed by atoms with Gasteiger partial charge in [-0.1, -0.05) is 87.0 Å². The van der Waals surface area contributed by atoms with Crippen LogP contribution in [0.5, 0.6) is 0 Å². The molecule has 1 atom stereocenters. The lowest BCUT2D eigenvalue weighted by Crippen LogP contribution is -2.06. The van der Waals surface area contributed by atoms with Crippen molar-refractivity contribution in [3.05, 3.63) is 106 Å². The average Bonchev–Trinajstić information content (AvgIpc) is 3.27. The van der Waals surface area contributed by atoms with Gasteiger partial charge in [-0.2, -0.15) is 0 Å². The van der Waals surface area contributed by atoms with Crippen molar-refractivity contribution in [3.63, 3.8) is 0 Å². The number of aryl methyl sites for hydroxylation is 1. The molecule has 2 heteroatoms. The first-order chi connectivity index (χ1) is 16.4. The van der Waals surface area contributed by atoms with E-state index >= 15 is 0 Å². The molecule has 178 valence electrons. The molecule has 0 radical (unpaired) electrons. The maximum Gasteiger partial charge on any atom is 0.0450 e. The Labute approximate surface area is 207 Å². The molecular formula is C32H40N2. The van der Waals surface area contributed by atoms with Crippen LogP contribution in [0.3, 0.4) is 0 Å². The largest absolute Gasteiger partial charge is 0.265 e. The fourth-order valence-corrected chi connectivity index (χ4v) is 4.60. The molecule has 1 heterocycles. The molecule has 0 aliphatic carbocycles. The van der Waals surface area contributed by atoms with Crippen molar-refractivity contribution in [2.24, 2.45) is 9.98 Å². The van der Waals surface area contributed by atoms with E-state index in [1.807, 2.05) is 0 Å². The van der Waals surface area contributed by atoms with Crippen molar-refractivity contribution in [1.29, 1.82) is 0 Å². The minimum Gasteiger partial charge on any atom is -0.265 e. The molecule has 0 bridgehead atoms. The number of allylic oxidation sites excluding steroid dienone is 4. The molecule has 1 aliphatic rings. The predicted molar refractivity (Wildman–Crippen MR) is 149 cm³/mol. The Morgan fingerprint density at radius 2 is 1.76 bits per heavy atom. The molecule has 1 aliphatic heterocycles. The van der Waals surface area contributed by atoms with E-state index in [9.17, 15) is 0 Å². The van der Waals surface area contributed by atoms with Crippen LogP contribution >= 0.6 is 0 Å². The summed E-state index contributed by atoms with van der Waals surface area (Å²) >= 11 is 0. The van der Waals surface area contributed by atoms with Gasteiger partial charge in [-0.05, 0) is 68.2 Å². The smallest absolute Gasteiger partial charge is 0.0450 e. The highest BCUT2D eigenvalue weighted by Crippen LogP contribution is 2.35. The predicted octanol–water partition coefficient (Wildman–Crippen LogP) is 8.94. The van der Waals surface area contributed by atoms with Gasteiger partial charge in [0, 0.05) is 41.7 Å². The summed E-state index contributed by atoms with van der Waals surface area (Å²) < 4.78 is 0. The Bertz CT molecular complexity index is 1100. The van der Waals surface area contributed by atoms with E-state index in [0.717, 1.165) is 37.0 Å². The number of aliphatic imine (C=N–C) groups is 2. The summed E-state index contributed by atoms with van der Waals surface area (Å²) in [6, 6.07) is 19.5. The van der Waals surface area contributed by atoms with Crippen LogP contribution in [0.4, 0.5) is 0 Å². The monoisotopic (exact) mass is 452 g/mol. The standard InChI is InChI=1S/C32H40N2/c1-7-8-12-26(5)34-27(6)32(25(4)19-24(3)29-13-10-9-11-14-29)30-21-31(33-22-30)20-28-17-15-23(2)16-18-28/h9-11,13-18,22,24H,4,7-8,12,19-21H2,1-3,5-6H3/b32-27+,34-26+. The molecule has 1 unspecified atom stereocenters. The third-order valence-electron chi connectivity index (χ3n) is 6.53. The molecule has 0 spiro atoms. The van der Waals surface area contributed by atoms with Gasteiger partial charge in [-0.3, -0.25) is 9.98 Å². The number of rotatable bonds is 11. The van der Waals surface area contributed by atoms with Crippen molar-refractivity contribution in [2.45, 2.75) is 79.1 Å². The van der Waals surface area contributed by atoms with Crippen LogP contribution in [-0.4, -0.2) is 11.4 Å². The molecule has 3 rings (SSSR count). The second-order valence-electron chi connectivity index (χ2n) is 9.72. The van der Waals surface area contributed by atoms with Gasteiger partial charge in [0.15, 0.2) is 0 Å². The molecule has 0 saturated carbocycles. The van der Waals surface area contributed by atoms with Crippen molar-refractivity contribution < 1.29 is 0 Å². The molecular weight excluding hydrogens is 412 g/mol. The summed E-state index contributed by atoms with van der Waals surface area (Å²) in [5.74, 6) is 0.400. The molecule has 0 amide bonds. The van der Waals surface area contributed by atoms with Gasteiger partial charge in [0.1, 0.15) is 0 Å². The second-order valence-corrected chi connectivity index (χ2v) is 9.72. The highest BCUT2D eigenvalue weighted by atomic mass is 14.8. The van der Waals surface area contributed by atoms with Gasteiger partial charge in [0.05, 0.1) is 0 Å².